The number of nitrogens with zero attached hydrogens (tertiary/aromatic N) is 3. The Kier molecular flexibility index (Phi) is 5.21. The second-order valence-electron chi connectivity index (χ2n) is 8.63. The van der Waals surface area contributed by atoms with Crippen molar-refractivity contribution in [1.29, 1.82) is 0 Å². The van der Waals surface area contributed by atoms with E-state index in [1.807, 2.05) is 19.1 Å². The first-order chi connectivity index (χ1) is 15.4. The molecule has 3 amide bonds. The van der Waals surface area contributed by atoms with E-state index >= 15 is 0 Å². The first kappa shape index (κ1) is 20.7. The van der Waals surface area contributed by atoms with Crippen molar-refractivity contribution >= 4 is 23.4 Å². The molecule has 168 valence electrons. The molecule has 0 spiro atoms. The molecule has 2 fully saturated rings. The van der Waals surface area contributed by atoms with Crippen LogP contribution in [-0.4, -0.2) is 59.7 Å². The number of carbonyl (C=O) groups is 3. The number of anilines is 1. The summed E-state index contributed by atoms with van der Waals surface area (Å²) in [4.78, 5) is 42.7. The van der Waals surface area contributed by atoms with Crippen molar-refractivity contribution in [2.24, 2.45) is 0 Å². The molecular weight excluding hydrogens is 415 g/mol. The van der Waals surface area contributed by atoms with Crippen LogP contribution in [0.2, 0.25) is 0 Å². The molecule has 2 aromatic rings. The van der Waals surface area contributed by atoms with E-state index in [9.17, 15) is 18.8 Å². The Morgan fingerprint density at radius 2 is 1.91 bits per heavy atom. The molecule has 2 saturated heterocycles. The van der Waals surface area contributed by atoms with Gasteiger partial charge in [0.2, 0.25) is 11.8 Å². The van der Waals surface area contributed by atoms with Crippen LogP contribution in [0.5, 0.6) is 0 Å². The summed E-state index contributed by atoms with van der Waals surface area (Å²) < 4.78 is 20.1. The third-order valence-electron chi connectivity index (χ3n) is 6.49. The maximum atomic E-state index is 14.5. The summed E-state index contributed by atoms with van der Waals surface area (Å²) in [6, 6.07) is 5.95. The highest BCUT2D eigenvalue weighted by molar-refractivity contribution is 6.06. The average Bonchev–Trinajstić information content (AvgIpc) is 3.31. The van der Waals surface area contributed by atoms with Crippen molar-refractivity contribution in [3.8, 4) is 0 Å². The van der Waals surface area contributed by atoms with Gasteiger partial charge in [-0.1, -0.05) is 0 Å². The van der Waals surface area contributed by atoms with Crippen LogP contribution >= 0.6 is 0 Å². The Morgan fingerprint density at radius 1 is 1.12 bits per heavy atom. The smallest absolute Gasteiger partial charge is 0.255 e. The summed E-state index contributed by atoms with van der Waals surface area (Å²) in [5, 5.41) is 2.30. The summed E-state index contributed by atoms with van der Waals surface area (Å²) in [5.74, 6) is 0.191. The number of halogens is 1. The zero-order chi connectivity index (χ0) is 22.4. The van der Waals surface area contributed by atoms with Crippen LogP contribution in [0.15, 0.2) is 28.7 Å². The van der Waals surface area contributed by atoms with E-state index < -0.39 is 17.8 Å². The van der Waals surface area contributed by atoms with E-state index in [1.54, 1.807) is 0 Å². The van der Waals surface area contributed by atoms with Gasteiger partial charge in [-0.2, -0.15) is 0 Å². The number of furan rings is 1. The van der Waals surface area contributed by atoms with Gasteiger partial charge in [-0.25, -0.2) is 4.39 Å². The minimum absolute atomic E-state index is 0.189. The molecule has 1 unspecified atom stereocenters. The number of amides is 3. The van der Waals surface area contributed by atoms with Gasteiger partial charge >= 0.3 is 0 Å². The van der Waals surface area contributed by atoms with Gasteiger partial charge in [0.25, 0.3) is 5.91 Å². The van der Waals surface area contributed by atoms with E-state index in [0.717, 1.165) is 36.7 Å². The third kappa shape index (κ3) is 3.77. The van der Waals surface area contributed by atoms with Gasteiger partial charge < -0.3 is 14.2 Å². The third-order valence-corrected chi connectivity index (χ3v) is 6.49. The van der Waals surface area contributed by atoms with Gasteiger partial charge in [0.1, 0.15) is 23.4 Å². The van der Waals surface area contributed by atoms with Crippen LogP contribution in [0, 0.1) is 12.7 Å². The molecule has 0 bridgehead atoms. The molecule has 1 aromatic carbocycles. The molecule has 32 heavy (non-hydrogen) atoms. The number of fused-ring (bicyclic) bond motifs is 1. The van der Waals surface area contributed by atoms with Gasteiger partial charge in [-0.05, 0) is 37.6 Å². The van der Waals surface area contributed by atoms with Crippen LogP contribution in [0.25, 0.3) is 0 Å². The number of piperazine rings is 1. The summed E-state index contributed by atoms with van der Waals surface area (Å²) in [5.41, 5.74) is 1.76. The Balaban J connectivity index is 1.32. The maximum absolute atomic E-state index is 14.5. The fourth-order valence-corrected chi connectivity index (χ4v) is 4.83. The van der Waals surface area contributed by atoms with Crippen molar-refractivity contribution in [3.05, 3.63) is 52.7 Å². The lowest BCUT2D eigenvalue weighted by atomic mass is 10.0. The fourth-order valence-electron chi connectivity index (χ4n) is 4.83. The number of aryl methyl sites for hydroxylation is 1. The summed E-state index contributed by atoms with van der Waals surface area (Å²) in [6.45, 7) is 5.86. The Morgan fingerprint density at radius 3 is 2.59 bits per heavy atom. The molecule has 4 heterocycles. The molecule has 1 N–H and O–H groups in total. The first-order valence-electron chi connectivity index (χ1n) is 10.9. The number of piperidine rings is 1. The van der Waals surface area contributed by atoms with E-state index in [2.05, 4.69) is 15.1 Å². The Bertz CT molecular complexity index is 1090. The zero-order valence-corrected chi connectivity index (χ0v) is 17.9. The molecule has 1 aromatic heterocycles. The minimum atomic E-state index is -0.711. The molecule has 1 atom stereocenters. The molecule has 0 aliphatic carbocycles. The van der Waals surface area contributed by atoms with Gasteiger partial charge in [-0.15, -0.1) is 0 Å². The lowest BCUT2D eigenvalue weighted by molar-refractivity contribution is -0.136. The fraction of sp³-hybridized carbons (Fsp3) is 0.435. The number of hydrogen-bond acceptors (Lipinski definition) is 6. The largest absolute Gasteiger partial charge is 0.465 e. The van der Waals surface area contributed by atoms with Crippen LogP contribution in [-0.2, 0) is 22.7 Å². The summed E-state index contributed by atoms with van der Waals surface area (Å²) >= 11 is 0. The van der Waals surface area contributed by atoms with Gasteiger partial charge in [-0.3, -0.25) is 24.6 Å². The average molecular weight is 440 g/mol. The molecular formula is C23H25FN4O4. The van der Waals surface area contributed by atoms with E-state index in [4.69, 9.17) is 4.42 Å². The maximum Gasteiger partial charge on any atom is 0.255 e. The van der Waals surface area contributed by atoms with Crippen molar-refractivity contribution in [2.45, 2.75) is 38.9 Å². The SMILES string of the molecule is Cc1ccc(CN2CCN(c3cc(F)cc4c3CN(C3CCC(=O)NC3=O)C4=O)CC2)o1. The Hall–Kier alpha value is -3.20. The van der Waals surface area contributed by atoms with E-state index in [-0.39, 0.29) is 31.2 Å². The van der Waals surface area contributed by atoms with Gasteiger partial charge in [0.15, 0.2) is 0 Å². The van der Waals surface area contributed by atoms with Crippen molar-refractivity contribution < 1.29 is 23.2 Å². The Labute approximate surface area is 184 Å². The summed E-state index contributed by atoms with van der Waals surface area (Å²) in [6.07, 6.45) is 0.474. The number of benzene rings is 1. The van der Waals surface area contributed by atoms with Gasteiger partial charge in [0.05, 0.1) is 6.54 Å². The minimum Gasteiger partial charge on any atom is -0.465 e. The van der Waals surface area contributed by atoms with Crippen LogP contribution in [0.3, 0.4) is 0 Å². The van der Waals surface area contributed by atoms with Crippen LogP contribution in [0.4, 0.5) is 10.1 Å². The molecule has 9 heteroatoms. The second kappa shape index (κ2) is 8.05. The predicted octanol–water partition coefficient (Wildman–Crippen LogP) is 1.81. The lowest BCUT2D eigenvalue weighted by Crippen LogP contribution is -2.52. The zero-order valence-electron chi connectivity index (χ0n) is 17.9. The number of nitrogens with one attached hydrogen (secondary N) is 1. The number of rotatable bonds is 4. The van der Waals surface area contributed by atoms with Crippen molar-refractivity contribution in [3.63, 3.8) is 0 Å². The standard InChI is InChI=1S/C23H25FN4O4/c1-14-2-3-16(32-14)12-26-6-8-27(9-7-26)20-11-15(24)10-17-18(20)13-28(23(17)31)19-4-5-21(29)25-22(19)30/h2-3,10-11,19H,4-9,12-13H2,1H3,(H,25,29,30). The van der Waals surface area contributed by atoms with E-state index in [1.165, 1.54) is 17.0 Å². The predicted molar refractivity (Wildman–Crippen MR) is 113 cm³/mol. The number of carbonyl (C=O) groups excluding carboxylic acids is 3. The monoisotopic (exact) mass is 440 g/mol. The number of hydrogen-bond donors (Lipinski definition) is 1. The highest BCUT2D eigenvalue weighted by atomic mass is 19.1. The van der Waals surface area contributed by atoms with Crippen molar-refractivity contribution in [2.75, 3.05) is 31.1 Å². The quantitative estimate of drug-likeness (QED) is 0.730. The molecule has 0 saturated carbocycles. The highest BCUT2D eigenvalue weighted by Crippen LogP contribution is 2.35. The van der Waals surface area contributed by atoms with E-state index in [0.29, 0.717) is 24.3 Å². The molecule has 0 radical (unpaired) electrons. The van der Waals surface area contributed by atoms with Crippen LogP contribution in [0.1, 0.15) is 40.3 Å². The molecule has 3 aliphatic heterocycles. The van der Waals surface area contributed by atoms with Gasteiger partial charge in [0, 0.05) is 56.0 Å². The van der Waals surface area contributed by atoms with Crippen LogP contribution < -0.4 is 10.2 Å². The molecule has 5 rings (SSSR count). The molecule has 8 nitrogen and oxygen atoms in total. The second-order valence-corrected chi connectivity index (χ2v) is 8.63. The number of imide groups is 1. The highest BCUT2D eigenvalue weighted by Gasteiger charge is 2.41. The van der Waals surface area contributed by atoms with Crippen molar-refractivity contribution in [1.82, 2.24) is 15.1 Å². The normalized spacial score (nSPS) is 21.8. The topological polar surface area (TPSA) is 86.1 Å². The molecule has 3 aliphatic rings. The summed E-state index contributed by atoms with van der Waals surface area (Å²) in [7, 11) is 0. The first-order valence-corrected chi connectivity index (χ1v) is 10.9. The lowest BCUT2D eigenvalue weighted by Gasteiger charge is -2.36.